The number of nitrogens with zero attached hydrogens (tertiary/aromatic N) is 3. The Morgan fingerprint density at radius 3 is 3.00 bits per heavy atom. The van der Waals surface area contributed by atoms with Crippen molar-refractivity contribution >= 4 is 38.3 Å². The number of hydrogen-bond acceptors (Lipinski definition) is 5. The van der Waals surface area contributed by atoms with E-state index in [0.29, 0.717) is 6.42 Å². The van der Waals surface area contributed by atoms with Gasteiger partial charge in [0, 0.05) is 19.5 Å². The van der Waals surface area contributed by atoms with E-state index in [2.05, 4.69) is 31.4 Å². The van der Waals surface area contributed by atoms with Crippen LogP contribution >= 0.6 is 27.3 Å². The number of anilines is 1. The second-order valence-electron chi connectivity index (χ2n) is 3.34. The summed E-state index contributed by atoms with van der Waals surface area (Å²) < 4.78 is 0.752. The summed E-state index contributed by atoms with van der Waals surface area (Å²) in [5, 5.41) is 11.7. The van der Waals surface area contributed by atoms with Crippen molar-refractivity contribution in [3.05, 3.63) is 3.92 Å². The molecule has 1 unspecified atom stereocenters. The number of carbonyl (C=O) groups is 1. The highest BCUT2D eigenvalue weighted by Gasteiger charge is 2.28. The van der Waals surface area contributed by atoms with E-state index in [-0.39, 0.29) is 11.9 Å². The molecule has 1 saturated heterocycles. The fourth-order valence-corrected chi connectivity index (χ4v) is 2.70. The largest absolute Gasteiger partial charge is 0.355 e. The SMILES string of the molecule is CCN1CC(Nc2nnc(Br)s2)CC1=O. The predicted octanol–water partition coefficient (Wildman–Crippen LogP) is 1.33. The zero-order valence-corrected chi connectivity index (χ0v) is 10.6. The third-order valence-corrected chi connectivity index (χ3v) is 3.61. The summed E-state index contributed by atoms with van der Waals surface area (Å²) in [7, 11) is 0. The van der Waals surface area contributed by atoms with Gasteiger partial charge in [0.15, 0.2) is 3.92 Å². The van der Waals surface area contributed by atoms with Crippen molar-refractivity contribution in [2.75, 3.05) is 18.4 Å². The topological polar surface area (TPSA) is 58.1 Å². The van der Waals surface area contributed by atoms with Crippen LogP contribution in [-0.2, 0) is 4.79 Å². The van der Waals surface area contributed by atoms with Gasteiger partial charge in [-0.3, -0.25) is 4.79 Å². The lowest BCUT2D eigenvalue weighted by Gasteiger charge is -2.13. The lowest BCUT2D eigenvalue weighted by molar-refractivity contribution is -0.127. The monoisotopic (exact) mass is 290 g/mol. The molecule has 1 aromatic heterocycles. The first kappa shape index (κ1) is 10.8. The number of halogens is 1. The van der Waals surface area contributed by atoms with E-state index < -0.39 is 0 Å². The molecule has 15 heavy (non-hydrogen) atoms. The van der Waals surface area contributed by atoms with Crippen molar-refractivity contribution in [3.63, 3.8) is 0 Å². The van der Waals surface area contributed by atoms with Gasteiger partial charge < -0.3 is 10.2 Å². The number of hydrogen-bond donors (Lipinski definition) is 1. The molecule has 7 heteroatoms. The Bertz CT molecular complexity index is 369. The zero-order valence-electron chi connectivity index (χ0n) is 8.23. The Kier molecular flexibility index (Phi) is 3.20. The predicted molar refractivity (Wildman–Crippen MR) is 61.9 cm³/mol. The number of aromatic nitrogens is 2. The highest BCUT2D eigenvalue weighted by Crippen LogP contribution is 2.23. The zero-order chi connectivity index (χ0) is 10.8. The first-order chi connectivity index (χ1) is 7.19. The van der Waals surface area contributed by atoms with Crippen LogP contribution in [0, 0.1) is 0 Å². The van der Waals surface area contributed by atoms with E-state index in [1.807, 2.05) is 11.8 Å². The Morgan fingerprint density at radius 2 is 2.47 bits per heavy atom. The molecule has 0 spiro atoms. The lowest BCUT2D eigenvalue weighted by atomic mass is 10.3. The van der Waals surface area contributed by atoms with Gasteiger partial charge in [-0.1, -0.05) is 11.3 Å². The maximum absolute atomic E-state index is 11.5. The Balaban J connectivity index is 1.94. The van der Waals surface area contributed by atoms with E-state index in [1.165, 1.54) is 11.3 Å². The molecule has 0 aromatic carbocycles. The van der Waals surface area contributed by atoms with Crippen LogP contribution < -0.4 is 5.32 Å². The highest BCUT2D eigenvalue weighted by atomic mass is 79.9. The van der Waals surface area contributed by atoms with Gasteiger partial charge >= 0.3 is 0 Å². The standard InChI is InChI=1S/C8H11BrN4OS/c1-2-13-4-5(3-6(13)14)10-8-12-11-7(9)15-8/h5H,2-4H2,1H3,(H,10,12). The highest BCUT2D eigenvalue weighted by molar-refractivity contribution is 9.11. The second kappa shape index (κ2) is 4.44. The van der Waals surface area contributed by atoms with Crippen LogP contribution in [-0.4, -0.2) is 40.1 Å². The normalized spacial score (nSPS) is 21.1. The van der Waals surface area contributed by atoms with Crippen LogP contribution in [0.1, 0.15) is 13.3 Å². The summed E-state index contributed by atoms with van der Waals surface area (Å²) >= 11 is 4.68. The number of nitrogens with one attached hydrogen (secondary N) is 1. The number of carbonyl (C=O) groups excluding carboxylic acids is 1. The molecule has 0 saturated carbocycles. The minimum atomic E-state index is 0.164. The third-order valence-electron chi connectivity index (χ3n) is 2.32. The summed E-state index contributed by atoms with van der Waals surface area (Å²) in [6.07, 6.45) is 0.547. The van der Waals surface area contributed by atoms with Crippen LogP contribution in [0.2, 0.25) is 0 Å². The molecule has 82 valence electrons. The van der Waals surface area contributed by atoms with Crippen LogP contribution in [0.25, 0.3) is 0 Å². The molecular weight excluding hydrogens is 280 g/mol. The Labute approximate surface area is 100 Å². The molecule has 5 nitrogen and oxygen atoms in total. The van der Waals surface area contributed by atoms with E-state index in [0.717, 1.165) is 22.1 Å². The third kappa shape index (κ3) is 2.46. The number of rotatable bonds is 3. The molecule has 1 aromatic rings. The fraction of sp³-hybridized carbons (Fsp3) is 0.625. The first-order valence-corrected chi connectivity index (χ1v) is 6.33. The maximum Gasteiger partial charge on any atom is 0.224 e. The summed E-state index contributed by atoms with van der Waals surface area (Å²) in [4.78, 5) is 13.3. The van der Waals surface area contributed by atoms with Crippen LogP contribution in [0.3, 0.4) is 0 Å². The first-order valence-electron chi connectivity index (χ1n) is 4.72. The van der Waals surface area contributed by atoms with E-state index in [9.17, 15) is 4.79 Å². The molecule has 2 rings (SSSR count). The molecule has 2 heterocycles. The van der Waals surface area contributed by atoms with Crippen molar-refractivity contribution in [2.45, 2.75) is 19.4 Å². The van der Waals surface area contributed by atoms with Crippen LogP contribution in [0.4, 0.5) is 5.13 Å². The van der Waals surface area contributed by atoms with Crippen molar-refractivity contribution in [3.8, 4) is 0 Å². The van der Waals surface area contributed by atoms with Crippen molar-refractivity contribution < 1.29 is 4.79 Å². The van der Waals surface area contributed by atoms with Gasteiger partial charge in [0.2, 0.25) is 11.0 Å². The summed E-state index contributed by atoms with van der Waals surface area (Å²) in [6.45, 7) is 3.52. The van der Waals surface area contributed by atoms with Gasteiger partial charge in [0.05, 0.1) is 6.04 Å². The maximum atomic E-state index is 11.5. The molecule has 1 aliphatic rings. The quantitative estimate of drug-likeness (QED) is 0.913. The van der Waals surface area contributed by atoms with Gasteiger partial charge in [0.1, 0.15) is 0 Å². The molecule has 1 N–H and O–H groups in total. The number of likely N-dealkylation sites (N-methyl/N-ethyl adjacent to an activating group) is 1. The smallest absolute Gasteiger partial charge is 0.224 e. The fourth-order valence-electron chi connectivity index (χ4n) is 1.61. The molecule has 0 bridgehead atoms. The number of amides is 1. The molecule has 1 atom stereocenters. The van der Waals surface area contributed by atoms with Gasteiger partial charge in [-0.2, -0.15) is 0 Å². The summed E-state index contributed by atoms with van der Waals surface area (Å²) in [5.41, 5.74) is 0. The van der Waals surface area contributed by atoms with Gasteiger partial charge in [-0.05, 0) is 22.9 Å². The Morgan fingerprint density at radius 1 is 1.67 bits per heavy atom. The van der Waals surface area contributed by atoms with Crippen molar-refractivity contribution in [1.82, 2.24) is 15.1 Å². The van der Waals surface area contributed by atoms with Gasteiger partial charge in [0.25, 0.3) is 0 Å². The van der Waals surface area contributed by atoms with Gasteiger partial charge in [-0.25, -0.2) is 0 Å². The molecule has 1 amide bonds. The molecular formula is C8H11BrN4OS. The summed E-state index contributed by atoms with van der Waals surface area (Å²) in [5.74, 6) is 0.207. The van der Waals surface area contributed by atoms with E-state index >= 15 is 0 Å². The average Bonchev–Trinajstić information content (AvgIpc) is 2.73. The molecule has 0 aliphatic carbocycles. The van der Waals surface area contributed by atoms with Crippen LogP contribution in [0.5, 0.6) is 0 Å². The number of likely N-dealkylation sites (tertiary alicyclic amines) is 1. The summed E-state index contributed by atoms with van der Waals surface area (Å²) in [6, 6.07) is 0.164. The van der Waals surface area contributed by atoms with E-state index in [4.69, 9.17) is 0 Å². The molecule has 1 fully saturated rings. The van der Waals surface area contributed by atoms with Gasteiger partial charge in [-0.15, -0.1) is 10.2 Å². The minimum Gasteiger partial charge on any atom is -0.355 e. The average molecular weight is 291 g/mol. The van der Waals surface area contributed by atoms with Crippen molar-refractivity contribution in [2.24, 2.45) is 0 Å². The van der Waals surface area contributed by atoms with Crippen LogP contribution in [0.15, 0.2) is 3.92 Å². The Hall–Kier alpha value is -0.690. The van der Waals surface area contributed by atoms with E-state index in [1.54, 1.807) is 0 Å². The molecule has 1 aliphatic heterocycles. The lowest BCUT2D eigenvalue weighted by Crippen LogP contribution is -2.27. The minimum absolute atomic E-state index is 0.164. The second-order valence-corrected chi connectivity index (χ2v) is 5.59. The van der Waals surface area contributed by atoms with Crippen molar-refractivity contribution in [1.29, 1.82) is 0 Å². The molecule has 0 radical (unpaired) electrons.